The topological polar surface area (TPSA) is 110 Å². The van der Waals surface area contributed by atoms with Crippen LogP contribution in [-0.2, 0) is 27.7 Å². The van der Waals surface area contributed by atoms with Gasteiger partial charge >= 0.3 is 5.97 Å². The number of hydrogen-bond acceptors (Lipinski definition) is 7. The molecule has 1 aromatic heterocycles. The largest absolute Gasteiger partial charge is 0.491 e. The van der Waals surface area contributed by atoms with Crippen LogP contribution in [0.4, 0.5) is 0 Å². The molecule has 1 unspecified atom stereocenters. The minimum absolute atomic E-state index is 0.0948. The van der Waals surface area contributed by atoms with Gasteiger partial charge in [0, 0.05) is 44.1 Å². The normalized spacial score (nSPS) is 13.3. The van der Waals surface area contributed by atoms with Gasteiger partial charge in [-0.25, -0.2) is 17.5 Å². The molecule has 3 aromatic carbocycles. The second-order valence-corrected chi connectivity index (χ2v) is 12.6. The molecule has 0 bridgehead atoms. The van der Waals surface area contributed by atoms with Crippen molar-refractivity contribution in [3.05, 3.63) is 95.7 Å². The summed E-state index contributed by atoms with van der Waals surface area (Å²) >= 11 is 0. The Hall–Kier alpha value is -3.70. The van der Waals surface area contributed by atoms with Gasteiger partial charge < -0.3 is 24.5 Å². The number of rotatable bonds is 14. The van der Waals surface area contributed by atoms with E-state index in [9.17, 15) is 18.3 Å². The van der Waals surface area contributed by atoms with Crippen LogP contribution in [0.3, 0.4) is 0 Å². The van der Waals surface area contributed by atoms with E-state index in [0.29, 0.717) is 18.8 Å². The van der Waals surface area contributed by atoms with Crippen LogP contribution < -0.4 is 10.1 Å². The first-order chi connectivity index (χ1) is 20.1. The van der Waals surface area contributed by atoms with Gasteiger partial charge in [-0.1, -0.05) is 36.4 Å². The molecule has 4 rings (SSSR count). The summed E-state index contributed by atoms with van der Waals surface area (Å²) in [7, 11) is -0.536. The maximum atomic E-state index is 12.9. The lowest BCUT2D eigenvalue weighted by atomic mass is 10.0. The number of fused-ring (bicyclic) bond motifs is 1. The number of aromatic nitrogens is 1. The van der Waals surface area contributed by atoms with E-state index in [0.717, 1.165) is 34.2 Å². The summed E-state index contributed by atoms with van der Waals surface area (Å²) in [5, 5.41) is 14.6. The Labute approximate surface area is 247 Å². The minimum Gasteiger partial charge on any atom is -0.491 e. The van der Waals surface area contributed by atoms with Crippen LogP contribution in [0, 0.1) is 0 Å². The Morgan fingerprint density at radius 2 is 1.69 bits per heavy atom. The van der Waals surface area contributed by atoms with Crippen molar-refractivity contribution in [1.82, 2.24) is 14.2 Å². The van der Waals surface area contributed by atoms with Gasteiger partial charge in [0.2, 0.25) is 10.0 Å². The summed E-state index contributed by atoms with van der Waals surface area (Å²) < 4.78 is 38.9. The lowest BCUT2D eigenvalue weighted by Gasteiger charge is -2.18. The molecule has 0 aliphatic heterocycles. The lowest BCUT2D eigenvalue weighted by Crippen LogP contribution is -2.37. The van der Waals surface area contributed by atoms with Crippen molar-refractivity contribution >= 4 is 26.9 Å². The first kappa shape index (κ1) is 31.2. The molecule has 1 heterocycles. The van der Waals surface area contributed by atoms with Gasteiger partial charge in [0.25, 0.3) is 0 Å². The number of carbonyl (C=O) groups excluding carboxylic acids is 1. The Bertz CT molecular complexity index is 1580. The molecule has 9 nitrogen and oxygen atoms in total. The summed E-state index contributed by atoms with van der Waals surface area (Å²) in [6.07, 6.45) is 0.0811. The van der Waals surface area contributed by atoms with Gasteiger partial charge in [0.05, 0.1) is 11.5 Å². The highest BCUT2D eigenvalue weighted by Gasteiger charge is 2.20. The Morgan fingerprint density at radius 3 is 2.36 bits per heavy atom. The fourth-order valence-corrected chi connectivity index (χ4v) is 5.58. The Morgan fingerprint density at radius 1 is 1.00 bits per heavy atom. The average Bonchev–Trinajstić information content (AvgIpc) is 3.33. The molecule has 0 amide bonds. The van der Waals surface area contributed by atoms with E-state index in [1.807, 2.05) is 53.1 Å². The smallest absolute Gasteiger partial charge is 0.354 e. The number of esters is 1. The van der Waals surface area contributed by atoms with Crippen molar-refractivity contribution in [2.45, 2.75) is 43.9 Å². The van der Waals surface area contributed by atoms with Crippen LogP contribution in [0.1, 0.15) is 35.5 Å². The van der Waals surface area contributed by atoms with E-state index < -0.39 is 22.1 Å². The van der Waals surface area contributed by atoms with E-state index in [1.165, 1.54) is 18.4 Å². The first-order valence-corrected chi connectivity index (χ1v) is 15.4. The Balaban J connectivity index is 1.46. The van der Waals surface area contributed by atoms with Crippen molar-refractivity contribution < 1.29 is 27.8 Å². The molecule has 42 heavy (non-hydrogen) atoms. The second kappa shape index (κ2) is 14.0. The number of ether oxygens (including phenoxy) is 2. The standard InChI is InChI=1S/C32H39N3O6S/c1-5-40-32(37)31-19-26-18-25(17-23(2)33-20-27(36)22-41-28-9-7-6-8-10-28)13-16-30(26)35(31)21-24-11-14-29(15-12-24)42(38,39)34(3)4/h6-16,18-19,23,27,33,36H,5,17,20-22H2,1-4H3/t23?,27-/m0/s1. The predicted octanol–water partition coefficient (Wildman–Crippen LogP) is 4.08. The monoisotopic (exact) mass is 593 g/mol. The summed E-state index contributed by atoms with van der Waals surface area (Å²) in [6.45, 7) is 5.06. The molecule has 224 valence electrons. The lowest BCUT2D eigenvalue weighted by molar-refractivity contribution is 0.0515. The number of sulfonamides is 1. The zero-order valence-electron chi connectivity index (χ0n) is 24.5. The zero-order valence-corrected chi connectivity index (χ0v) is 25.3. The van der Waals surface area contributed by atoms with E-state index in [1.54, 1.807) is 31.2 Å². The zero-order chi connectivity index (χ0) is 30.3. The van der Waals surface area contributed by atoms with Crippen molar-refractivity contribution in [3.8, 4) is 5.75 Å². The number of benzene rings is 3. The molecular formula is C32H39N3O6S. The third-order valence-corrected chi connectivity index (χ3v) is 8.75. The predicted molar refractivity (Wildman–Crippen MR) is 163 cm³/mol. The fraction of sp³-hybridized carbons (Fsp3) is 0.344. The maximum Gasteiger partial charge on any atom is 0.354 e. The van der Waals surface area contributed by atoms with Gasteiger partial charge in [-0.2, -0.15) is 0 Å². The number of aliphatic hydroxyl groups is 1. The molecule has 0 radical (unpaired) electrons. The number of para-hydroxylation sites is 1. The number of carbonyl (C=O) groups is 1. The number of aliphatic hydroxyl groups excluding tert-OH is 1. The van der Waals surface area contributed by atoms with E-state index in [2.05, 4.69) is 18.3 Å². The highest BCUT2D eigenvalue weighted by Crippen LogP contribution is 2.25. The molecule has 2 atom stereocenters. The van der Waals surface area contributed by atoms with Crippen LogP contribution in [0.15, 0.2) is 83.8 Å². The highest BCUT2D eigenvalue weighted by atomic mass is 32.2. The molecular weight excluding hydrogens is 554 g/mol. The number of nitrogens with zero attached hydrogens (tertiary/aromatic N) is 2. The number of nitrogens with one attached hydrogen (secondary N) is 1. The van der Waals surface area contributed by atoms with Crippen molar-refractivity contribution in [2.24, 2.45) is 0 Å². The van der Waals surface area contributed by atoms with E-state index in [4.69, 9.17) is 9.47 Å². The van der Waals surface area contributed by atoms with E-state index in [-0.39, 0.29) is 24.2 Å². The first-order valence-electron chi connectivity index (χ1n) is 14.0. The van der Waals surface area contributed by atoms with Crippen LogP contribution in [0.2, 0.25) is 0 Å². The van der Waals surface area contributed by atoms with Crippen molar-refractivity contribution in [3.63, 3.8) is 0 Å². The van der Waals surface area contributed by atoms with Gasteiger partial charge in [0.1, 0.15) is 24.2 Å². The van der Waals surface area contributed by atoms with Gasteiger partial charge in [-0.15, -0.1) is 0 Å². The second-order valence-electron chi connectivity index (χ2n) is 10.5. The van der Waals surface area contributed by atoms with Crippen molar-refractivity contribution in [2.75, 3.05) is 33.9 Å². The SMILES string of the molecule is CCOC(=O)c1cc2cc(CC(C)NC[C@H](O)COc3ccccc3)ccc2n1Cc1ccc(S(=O)(=O)N(C)C)cc1. The third kappa shape index (κ3) is 7.77. The summed E-state index contributed by atoms with van der Waals surface area (Å²) in [5.74, 6) is 0.310. The Kier molecular flexibility index (Phi) is 10.4. The van der Waals surface area contributed by atoms with Crippen molar-refractivity contribution in [1.29, 1.82) is 0 Å². The summed E-state index contributed by atoms with van der Waals surface area (Å²) in [4.78, 5) is 13.1. The molecule has 2 N–H and O–H groups in total. The molecule has 0 aliphatic carbocycles. The van der Waals surface area contributed by atoms with Gasteiger partial charge in [0.15, 0.2) is 0 Å². The summed E-state index contributed by atoms with van der Waals surface area (Å²) in [5.41, 5.74) is 3.25. The van der Waals surface area contributed by atoms with Crippen LogP contribution in [0.5, 0.6) is 5.75 Å². The molecule has 4 aromatic rings. The fourth-order valence-electron chi connectivity index (χ4n) is 4.68. The van der Waals surface area contributed by atoms with Gasteiger partial charge in [-0.3, -0.25) is 0 Å². The molecule has 0 spiro atoms. The van der Waals surface area contributed by atoms with Gasteiger partial charge in [-0.05, 0) is 73.9 Å². The van der Waals surface area contributed by atoms with Crippen LogP contribution in [-0.4, -0.2) is 74.4 Å². The molecule has 0 saturated carbocycles. The maximum absolute atomic E-state index is 12.9. The van der Waals surface area contributed by atoms with E-state index >= 15 is 0 Å². The molecule has 0 aliphatic rings. The third-order valence-electron chi connectivity index (χ3n) is 6.92. The quantitative estimate of drug-likeness (QED) is 0.212. The minimum atomic E-state index is -3.53. The highest BCUT2D eigenvalue weighted by molar-refractivity contribution is 7.89. The number of hydrogen-bond donors (Lipinski definition) is 2. The summed E-state index contributed by atoms with van der Waals surface area (Å²) in [6, 6.07) is 24.1. The molecule has 0 saturated heterocycles. The van der Waals surface area contributed by atoms with Crippen LogP contribution >= 0.6 is 0 Å². The molecule has 0 fully saturated rings. The molecule has 10 heteroatoms. The van der Waals surface area contributed by atoms with Crippen LogP contribution in [0.25, 0.3) is 10.9 Å². The average molecular weight is 594 g/mol.